The SMILES string of the molecule is CCOC(=O)C1=C(C)N=c2s/c(=C\c3ccccc3OCc3cccc(Cl)c3)c(=O)n2[C@H]1c1cccs1. The molecule has 4 aromatic rings. The first-order valence-corrected chi connectivity index (χ1v) is 13.7. The van der Waals surface area contributed by atoms with Gasteiger partial charge in [-0.3, -0.25) is 9.36 Å². The molecule has 2 aromatic carbocycles. The lowest BCUT2D eigenvalue weighted by molar-refractivity contribution is -0.139. The summed E-state index contributed by atoms with van der Waals surface area (Å²) in [5, 5.41) is 2.57. The van der Waals surface area contributed by atoms with Crippen LogP contribution in [0.4, 0.5) is 0 Å². The second kappa shape index (κ2) is 10.9. The van der Waals surface area contributed by atoms with Crippen LogP contribution in [0, 0.1) is 0 Å². The number of carbonyl (C=O) groups excluding carboxylic acids is 1. The van der Waals surface area contributed by atoms with E-state index >= 15 is 0 Å². The molecular formula is C28H23ClN2O4S2. The summed E-state index contributed by atoms with van der Waals surface area (Å²) in [5.41, 5.74) is 2.42. The van der Waals surface area contributed by atoms with Gasteiger partial charge in [-0.05, 0) is 55.1 Å². The molecule has 9 heteroatoms. The lowest BCUT2D eigenvalue weighted by Gasteiger charge is -2.23. The van der Waals surface area contributed by atoms with Gasteiger partial charge < -0.3 is 9.47 Å². The molecule has 0 saturated carbocycles. The van der Waals surface area contributed by atoms with Crippen molar-refractivity contribution in [3.63, 3.8) is 0 Å². The van der Waals surface area contributed by atoms with Crippen LogP contribution in [-0.2, 0) is 16.1 Å². The number of ether oxygens (including phenoxy) is 2. The van der Waals surface area contributed by atoms with E-state index in [1.54, 1.807) is 18.4 Å². The number of halogens is 1. The van der Waals surface area contributed by atoms with Crippen LogP contribution in [0.3, 0.4) is 0 Å². The number of rotatable bonds is 7. The Kier molecular flexibility index (Phi) is 7.41. The second-order valence-corrected chi connectivity index (χ2v) is 10.7. The van der Waals surface area contributed by atoms with Gasteiger partial charge in [0.25, 0.3) is 5.56 Å². The monoisotopic (exact) mass is 550 g/mol. The summed E-state index contributed by atoms with van der Waals surface area (Å²) in [6, 6.07) is 18.3. The fraction of sp³-hybridized carbons (Fsp3) is 0.179. The van der Waals surface area contributed by atoms with Gasteiger partial charge in [0.15, 0.2) is 4.80 Å². The number of aromatic nitrogens is 1. The number of benzene rings is 2. The number of hydrogen-bond acceptors (Lipinski definition) is 7. The Morgan fingerprint density at radius 2 is 2.00 bits per heavy atom. The summed E-state index contributed by atoms with van der Waals surface area (Å²) in [6.07, 6.45) is 1.81. The lowest BCUT2D eigenvalue weighted by atomic mass is 10.0. The highest BCUT2D eigenvalue weighted by Crippen LogP contribution is 2.33. The molecule has 0 spiro atoms. The largest absolute Gasteiger partial charge is 0.488 e. The van der Waals surface area contributed by atoms with Crippen LogP contribution in [0.5, 0.6) is 5.75 Å². The van der Waals surface area contributed by atoms with Crippen LogP contribution < -0.4 is 19.6 Å². The number of para-hydroxylation sites is 1. The molecule has 0 N–H and O–H groups in total. The number of hydrogen-bond donors (Lipinski definition) is 0. The van der Waals surface area contributed by atoms with Crippen molar-refractivity contribution in [3.8, 4) is 5.75 Å². The van der Waals surface area contributed by atoms with Crippen LogP contribution in [0.15, 0.2) is 87.1 Å². The fourth-order valence-corrected chi connectivity index (χ4v) is 6.24. The first kappa shape index (κ1) is 25.2. The van der Waals surface area contributed by atoms with Gasteiger partial charge in [-0.2, -0.15) is 0 Å². The quantitative estimate of drug-likeness (QED) is 0.300. The highest BCUT2D eigenvalue weighted by Gasteiger charge is 2.33. The topological polar surface area (TPSA) is 69.9 Å². The summed E-state index contributed by atoms with van der Waals surface area (Å²) in [6.45, 7) is 4.12. The minimum Gasteiger partial charge on any atom is -0.488 e. The Morgan fingerprint density at radius 3 is 2.76 bits per heavy atom. The van der Waals surface area contributed by atoms with Crippen molar-refractivity contribution >= 4 is 46.3 Å². The number of allylic oxidation sites excluding steroid dienone is 1. The van der Waals surface area contributed by atoms with Gasteiger partial charge in [-0.1, -0.05) is 59.3 Å². The molecule has 188 valence electrons. The molecule has 0 fully saturated rings. The predicted molar refractivity (Wildman–Crippen MR) is 147 cm³/mol. The van der Waals surface area contributed by atoms with Gasteiger partial charge in [0.05, 0.1) is 22.4 Å². The minimum absolute atomic E-state index is 0.221. The highest BCUT2D eigenvalue weighted by atomic mass is 35.5. The van der Waals surface area contributed by atoms with Crippen molar-refractivity contribution < 1.29 is 14.3 Å². The average molecular weight is 551 g/mol. The molecule has 0 radical (unpaired) electrons. The van der Waals surface area contributed by atoms with E-state index in [1.165, 1.54) is 22.7 Å². The number of carbonyl (C=O) groups is 1. The van der Waals surface area contributed by atoms with E-state index in [4.69, 9.17) is 21.1 Å². The van der Waals surface area contributed by atoms with Crippen LogP contribution in [0.1, 0.15) is 35.9 Å². The third kappa shape index (κ3) is 5.18. The molecular weight excluding hydrogens is 528 g/mol. The molecule has 0 unspecified atom stereocenters. The zero-order valence-electron chi connectivity index (χ0n) is 20.1. The second-order valence-electron chi connectivity index (χ2n) is 8.27. The summed E-state index contributed by atoms with van der Waals surface area (Å²) in [5.74, 6) is 0.183. The van der Waals surface area contributed by atoms with Crippen molar-refractivity contribution in [2.75, 3.05) is 6.61 Å². The molecule has 37 heavy (non-hydrogen) atoms. The Hall–Kier alpha value is -3.46. The van der Waals surface area contributed by atoms with Crippen LogP contribution >= 0.6 is 34.3 Å². The smallest absolute Gasteiger partial charge is 0.338 e. The van der Waals surface area contributed by atoms with E-state index in [2.05, 4.69) is 4.99 Å². The molecule has 1 aliphatic heterocycles. The minimum atomic E-state index is -0.591. The van der Waals surface area contributed by atoms with Crippen molar-refractivity contribution in [2.24, 2.45) is 4.99 Å². The molecule has 0 amide bonds. The zero-order chi connectivity index (χ0) is 25.9. The van der Waals surface area contributed by atoms with E-state index in [9.17, 15) is 9.59 Å². The van der Waals surface area contributed by atoms with E-state index in [0.29, 0.717) is 38.0 Å². The molecule has 1 atom stereocenters. The standard InChI is InChI=1S/C28H23ClN2O4S2/c1-3-34-27(33)24-17(2)30-28-31(25(24)22-12-7-13-36-22)26(32)23(37-28)15-19-9-4-5-11-21(19)35-16-18-8-6-10-20(29)14-18/h4-15,25H,3,16H2,1-2H3/b23-15-/t25-/m0/s1. The summed E-state index contributed by atoms with van der Waals surface area (Å²) >= 11 is 8.87. The lowest BCUT2D eigenvalue weighted by Crippen LogP contribution is -2.39. The third-order valence-electron chi connectivity index (χ3n) is 5.82. The number of thiophene rings is 1. The normalized spacial score (nSPS) is 15.3. The molecule has 3 heterocycles. The molecule has 0 saturated heterocycles. The maximum atomic E-state index is 13.7. The number of fused-ring (bicyclic) bond motifs is 1. The summed E-state index contributed by atoms with van der Waals surface area (Å²) in [4.78, 5) is 32.7. The molecule has 5 rings (SSSR count). The Labute approximate surface area is 226 Å². The van der Waals surface area contributed by atoms with Gasteiger partial charge in [0, 0.05) is 15.5 Å². The third-order valence-corrected chi connectivity index (χ3v) is 7.96. The Morgan fingerprint density at radius 1 is 1.16 bits per heavy atom. The average Bonchev–Trinajstić information content (AvgIpc) is 3.51. The highest BCUT2D eigenvalue weighted by molar-refractivity contribution is 7.10. The number of esters is 1. The number of nitrogens with zero attached hydrogens (tertiary/aromatic N) is 2. The molecule has 0 aliphatic carbocycles. The van der Waals surface area contributed by atoms with Crippen LogP contribution in [0.25, 0.3) is 6.08 Å². The van der Waals surface area contributed by atoms with E-state index in [0.717, 1.165) is 16.0 Å². The van der Waals surface area contributed by atoms with Crippen LogP contribution in [0.2, 0.25) is 5.02 Å². The first-order chi connectivity index (χ1) is 18.0. The fourth-order valence-electron chi connectivity index (χ4n) is 4.17. The van der Waals surface area contributed by atoms with E-state index in [1.807, 2.05) is 72.1 Å². The predicted octanol–water partition coefficient (Wildman–Crippen LogP) is 5.09. The summed E-state index contributed by atoms with van der Waals surface area (Å²) in [7, 11) is 0. The summed E-state index contributed by atoms with van der Waals surface area (Å²) < 4.78 is 13.5. The Bertz CT molecular complexity index is 1670. The van der Waals surface area contributed by atoms with E-state index in [-0.39, 0.29) is 12.2 Å². The van der Waals surface area contributed by atoms with Gasteiger partial charge in [0.1, 0.15) is 18.4 Å². The van der Waals surface area contributed by atoms with Gasteiger partial charge >= 0.3 is 5.97 Å². The van der Waals surface area contributed by atoms with Crippen molar-refractivity contribution in [1.82, 2.24) is 4.57 Å². The van der Waals surface area contributed by atoms with Crippen molar-refractivity contribution in [2.45, 2.75) is 26.5 Å². The van der Waals surface area contributed by atoms with Crippen molar-refractivity contribution in [3.05, 3.63) is 118 Å². The van der Waals surface area contributed by atoms with E-state index < -0.39 is 12.0 Å². The van der Waals surface area contributed by atoms with Crippen LogP contribution in [-0.4, -0.2) is 17.1 Å². The molecule has 0 bridgehead atoms. The maximum absolute atomic E-state index is 13.7. The molecule has 1 aliphatic rings. The van der Waals surface area contributed by atoms with Gasteiger partial charge in [-0.25, -0.2) is 9.79 Å². The zero-order valence-corrected chi connectivity index (χ0v) is 22.5. The maximum Gasteiger partial charge on any atom is 0.338 e. The Balaban J connectivity index is 1.57. The van der Waals surface area contributed by atoms with Gasteiger partial charge in [-0.15, -0.1) is 11.3 Å². The van der Waals surface area contributed by atoms with Gasteiger partial charge in [0.2, 0.25) is 0 Å². The molecule has 6 nitrogen and oxygen atoms in total. The van der Waals surface area contributed by atoms with Crippen molar-refractivity contribution in [1.29, 1.82) is 0 Å². The number of thiazole rings is 1. The first-order valence-electron chi connectivity index (χ1n) is 11.7. The molecule has 2 aromatic heterocycles.